The molecule has 0 heterocycles. The predicted octanol–water partition coefficient (Wildman–Crippen LogP) is -1.59. The Morgan fingerprint density at radius 1 is 1.25 bits per heavy atom. The zero-order chi connectivity index (χ0) is 3.58. The molecule has 50 valence electrons. The van der Waals surface area contributed by atoms with Crippen LogP contribution in [0.4, 0.5) is 4.79 Å². The molecule has 0 spiro atoms. The van der Waals surface area contributed by atoms with Gasteiger partial charge in [-0.1, -0.05) is 0 Å². The van der Waals surface area contributed by atoms with Crippen LogP contribution in [-0.2, 0) is 17.4 Å². The summed E-state index contributed by atoms with van der Waals surface area (Å²) in [6, 6.07) is 0. The van der Waals surface area contributed by atoms with E-state index in [-0.39, 0.29) is 54.2 Å². The van der Waals surface area contributed by atoms with Gasteiger partial charge in [0.05, 0.1) is 0 Å². The van der Waals surface area contributed by atoms with Crippen molar-refractivity contribution in [3.05, 3.63) is 0 Å². The SMILES string of the molecule is O.O.O=C(O)O.[Cr].[H-].[H-].[Mg+2]. The van der Waals surface area contributed by atoms with Gasteiger partial charge in [0.2, 0.25) is 0 Å². The normalized spacial score (nSPS) is 3.00. The average molecular weight is 176 g/mol. The molecule has 0 saturated heterocycles. The van der Waals surface area contributed by atoms with Gasteiger partial charge in [0.1, 0.15) is 0 Å². The van der Waals surface area contributed by atoms with Crippen LogP contribution in [0.25, 0.3) is 0 Å². The Morgan fingerprint density at radius 2 is 1.25 bits per heavy atom. The first-order valence-electron chi connectivity index (χ1n) is 0.651. The number of hydrogen-bond acceptors (Lipinski definition) is 1. The Balaban J connectivity index is -0.00000000300. The molecule has 0 aliphatic rings. The van der Waals surface area contributed by atoms with Crippen LogP contribution in [-0.4, -0.2) is 50.4 Å². The van der Waals surface area contributed by atoms with Crippen molar-refractivity contribution in [3.63, 3.8) is 0 Å². The molecule has 0 aliphatic carbocycles. The van der Waals surface area contributed by atoms with Crippen LogP contribution >= 0.6 is 0 Å². The van der Waals surface area contributed by atoms with Crippen LogP contribution in [0.1, 0.15) is 2.85 Å². The molecule has 0 aromatic rings. The minimum absolute atomic E-state index is 0. The van der Waals surface area contributed by atoms with Gasteiger partial charge in [-0.2, -0.15) is 0 Å². The van der Waals surface area contributed by atoms with Crippen molar-refractivity contribution in [1.82, 2.24) is 0 Å². The molecule has 6 N–H and O–H groups in total. The first-order valence-corrected chi connectivity index (χ1v) is 0.651. The molecule has 0 aromatic heterocycles. The Kier molecular flexibility index (Phi) is 127. The molecule has 5 nitrogen and oxygen atoms in total. The third kappa shape index (κ3) is 818. The maximum Gasteiger partial charge on any atom is 2.00 e. The van der Waals surface area contributed by atoms with Gasteiger partial charge >= 0.3 is 29.2 Å². The van der Waals surface area contributed by atoms with E-state index in [0.29, 0.717) is 0 Å². The Labute approximate surface area is 75.6 Å². The number of carboxylic acid groups (broad SMARTS) is 2. The second-order valence-electron chi connectivity index (χ2n) is 0.283. The van der Waals surface area contributed by atoms with E-state index >= 15 is 0 Å². The van der Waals surface area contributed by atoms with Crippen molar-refractivity contribution in [2.45, 2.75) is 0 Å². The topological polar surface area (TPSA) is 121 Å². The average Bonchev–Trinajstić information content (AvgIpc) is 0.811. The van der Waals surface area contributed by atoms with E-state index in [1.54, 1.807) is 0 Å². The van der Waals surface area contributed by atoms with Crippen molar-refractivity contribution < 1.29 is 46.2 Å². The Bertz CT molecular complexity index is 42.6. The van der Waals surface area contributed by atoms with Crippen molar-refractivity contribution in [2.75, 3.05) is 0 Å². The summed E-state index contributed by atoms with van der Waals surface area (Å²) >= 11 is 0. The molecule has 0 aliphatic heterocycles. The van der Waals surface area contributed by atoms with Crippen molar-refractivity contribution in [1.29, 1.82) is 0 Å². The first-order chi connectivity index (χ1) is 1.73. The van der Waals surface area contributed by atoms with E-state index in [9.17, 15) is 0 Å². The second-order valence-corrected chi connectivity index (χ2v) is 0.283. The van der Waals surface area contributed by atoms with E-state index in [2.05, 4.69) is 0 Å². The van der Waals surface area contributed by atoms with E-state index in [1.807, 2.05) is 0 Å². The van der Waals surface area contributed by atoms with Crippen molar-refractivity contribution in [2.24, 2.45) is 0 Å². The standard InChI is InChI=1S/CH2O3.Cr.Mg.2H2O.2H/c2-1(3)4;;;;;;/h(H2,2,3,4);;;2*1H2;;/q;;+2;;;2*-1. The van der Waals surface area contributed by atoms with Gasteiger partial charge in [-0.3, -0.25) is 0 Å². The van der Waals surface area contributed by atoms with Gasteiger partial charge in [-0.05, 0) is 0 Å². The number of hydrogen-bond donors (Lipinski definition) is 2. The second kappa shape index (κ2) is 25.9. The monoisotopic (exact) mass is 176 g/mol. The van der Waals surface area contributed by atoms with Gasteiger partial charge in [0, 0.05) is 17.4 Å². The van der Waals surface area contributed by atoms with E-state index in [1.165, 1.54) is 0 Å². The van der Waals surface area contributed by atoms with Crippen LogP contribution in [0.15, 0.2) is 0 Å². The molecular weight excluding hydrogens is 168 g/mol. The maximum atomic E-state index is 8.56. The zero-order valence-corrected chi connectivity index (χ0v) is 6.61. The van der Waals surface area contributed by atoms with Crippen LogP contribution in [0.2, 0.25) is 0 Å². The summed E-state index contributed by atoms with van der Waals surface area (Å²) in [5, 5.41) is 13.9. The summed E-state index contributed by atoms with van der Waals surface area (Å²) in [6.45, 7) is 0. The quantitative estimate of drug-likeness (QED) is 0.433. The third-order valence-electron chi connectivity index (χ3n) is 0. The van der Waals surface area contributed by atoms with Crippen LogP contribution in [0.3, 0.4) is 0 Å². The van der Waals surface area contributed by atoms with E-state index in [0.717, 1.165) is 0 Å². The molecule has 0 aromatic carbocycles. The van der Waals surface area contributed by atoms with Gasteiger partial charge < -0.3 is 24.0 Å². The smallest absolute Gasteiger partial charge is 1.00 e. The van der Waals surface area contributed by atoms with E-state index < -0.39 is 6.16 Å². The molecule has 0 bridgehead atoms. The molecule has 0 saturated carbocycles. The zero-order valence-electron chi connectivity index (χ0n) is 5.92. The molecular formula is CH8CrMgO5. The van der Waals surface area contributed by atoms with Crippen molar-refractivity contribution >= 4 is 29.2 Å². The Hall–Kier alpha value is 0.489. The summed E-state index contributed by atoms with van der Waals surface area (Å²) in [7, 11) is 0. The Morgan fingerprint density at radius 3 is 1.25 bits per heavy atom. The summed E-state index contributed by atoms with van der Waals surface area (Å²) < 4.78 is 0. The van der Waals surface area contributed by atoms with Gasteiger partial charge in [0.15, 0.2) is 0 Å². The molecule has 0 amide bonds. The molecule has 0 unspecified atom stereocenters. The van der Waals surface area contributed by atoms with Gasteiger partial charge in [-0.15, -0.1) is 0 Å². The summed E-state index contributed by atoms with van der Waals surface area (Å²) in [5.74, 6) is 0. The van der Waals surface area contributed by atoms with Crippen molar-refractivity contribution in [3.8, 4) is 0 Å². The third-order valence-corrected chi connectivity index (χ3v) is 0. The predicted molar refractivity (Wildman–Crippen MR) is 25.9 cm³/mol. The van der Waals surface area contributed by atoms with E-state index in [4.69, 9.17) is 15.0 Å². The molecule has 0 rings (SSSR count). The van der Waals surface area contributed by atoms with Crippen LogP contribution < -0.4 is 0 Å². The molecule has 7 heteroatoms. The minimum Gasteiger partial charge on any atom is -1.00 e. The molecule has 0 atom stereocenters. The first kappa shape index (κ1) is 39.1. The molecule has 8 heavy (non-hydrogen) atoms. The minimum atomic E-state index is -1.83. The van der Waals surface area contributed by atoms with Crippen LogP contribution in [0.5, 0.6) is 0 Å². The number of rotatable bonds is 0. The maximum absolute atomic E-state index is 8.56. The largest absolute Gasteiger partial charge is 2.00 e. The number of carbonyl (C=O) groups is 1. The molecule has 0 fully saturated rings. The molecule has 0 radical (unpaired) electrons. The fourth-order valence-electron chi connectivity index (χ4n) is 0. The fourth-order valence-corrected chi connectivity index (χ4v) is 0. The van der Waals surface area contributed by atoms with Gasteiger partial charge in [0.25, 0.3) is 0 Å². The van der Waals surface area contributed by atoms with Crippen LogP contribution in [0, 0.1) is 0 Å². The summed E-state index contributed by atoms with van der Waals surface area (Å²) in [4.78, 5) is 8.56. The summed E-state index contributed by atoms with van der Waals surface area (Å²) in [6.07, 6.45) is -1.83. The van der Waals surface area contributed by atoms with Gasteiger partial charge in [-0.25, -0.2) is 4.79 Å². The fraction of sp³-hybridized carbons (Fsp3) is 0. The summed E-state index contributed by atoms with van der Waals surface area (Å²) in [5.41, 5.74) is 0.